The van der Waals surface area contributed by atoms with Gasteiger partial charge in [0.05, 0.1) is 55.9 Å². The Bertz CT molecular complexity index is 4060. The Morgan fingerprint density at radius 2 is 0.596 bits per heavy atom. The number of aromatic carboxylic acids is 1. The molecule has 25 heteroatoms. The summed E-state index contributed by atoms with van der Waals surface area (Å²) in [5.74, 6) is -3.32. The van der Waals surface area contributed by atoms with E-state index in [4.69, 9.17) is 57.3 Å². The molecule has 16 nitrogen and oxygen atoms in total. The topological polar surface area (TPSA) is 212 Å². The fraction of sp³-hybridized carbons (Fsp3) is 0.342. The molecule has 3 saturated heterocycles. The Morgan fingerprint density at radius 1 is 0.375 bits per heavy atom. The molecule has 0 bridgehead atoms. The largest absolute Gasteiger partial charge is 0.494 e. The minimum Gasteiger partial charge on any atom is -0.478 e. The van der Waals surface area contributed by atoms with Crippen LogP contribution in [0.15, 0.2) is 170 Å². The summed E-state index contributed by atoms with van der Waals surface area (Å²) in [5.41, 5.74) is 7.38. The Hall–Kier alpha value is -8.22. The number of ether oxygens (including phenoxy) is 3. The van der Waals surface area contributed by atoms with Gasteiger partial charge in [-0.25, -0.2) is 36.7 Å². The van der Waals surface area contributed by atoms with Crippen LogP contribution in [0.3, 0.4) is 0 Å². The van der Waals surface area contributed by atoms with Crippen molar-refractivity contribution >= 4 is 90.1 Å². The third kappa shape index (κ3) is 22.4. The smallest absolute Gasteiger partial charge is 0.478 e. The maximum atomic E-state index is 13.3. The van der Waals surface area contributed by atoms with E-state index in [0.717, 1.165) is 38.4 Å². The third-order valence-electron chi connectivity index (χ3n) is 18.6. The highest BCUT2D eigenvalue weighted by molar-refractivity contribution is 9.08. The highest BCUT2D eigenvalue weighted by atomic mass is 79.9. The summed E-state index contributed by atoms with van der Waals surface area (Å²) in [7, 11) is -2.96. The summed E-state index contributed by atoms with van der Waals surface area (Å²) in [6.45, 7) is 30.9. The Kier molecular flexibility index (Phi) is 29.1. The normalized spacial score (nSPS) is 15.9. The minimum absolute atomic E-state index is 0. The van der Waals surface area contributed by atoms with Crippen molar-refractivity contribution in [1.82, 2.24) is 0 Å². The predicted molar refractivity (Wildman–Crippen MR) is 401 cm³/mol. The molecule has 8 aromatic rings. The highest BCUT2D eigenvalue weighted by Gasteiger charge is 2.54. The summed E-state index contributed by atoms with van der Waals surface area (Å²) in [6, 6.07) is 45.3. The van der Waals surface area contributed by atoms with E-state index >= 15 is 0 Å². The molecule has 3 fully saturated rings. The fourth-order valence-corrected chi connectivity index (χ4v) is 10.3. The third-order valence-corrected chi connectivity index (χ3v) is 19.3. The fourth-order valence-electron chi connectivity index (χ4n) is 9.94. The molecular formula is C79H91B4BrF4O16. The molecule has 0 saturated carbocycles. The lowest BCUT2D eigenvalue weighted by molar-refractivity contribution is 0.00578. The zero-order chi connectivity index (χ0) is 76.2. The van der Waals surface area contributed by atoms with E-state index in [2.05, 4.69) is 15.9 Å². The quantitative estimate of drug-likeness (QED) is 0.0286. The van der Waals surface area contributed by atoms with Crippen molar-refractivity contribution in [2.24, 2.45) is 0 Å². The Balaban J connectivity index is 0.000000210. The van der Waals surface area contributed by atoms with Crippen LogP contribution in [0.4, 0.5) is 17.6 Å². The lowest BCUT2D eigenvalue weighted by Crippen LogP contribution is -2.41. The lowest BCUT2D eigenvalue weighted by Gasteiger charge is -2.32. The molecule has 3 heterocycles. The first kappa shape index (κ1) is 84.7. The van der Waals surface area contributed by atoms with E-state index in [1.807, 2.05) is 89.2 Å². The second-order valence-electron chi connectivity index (χ2n) is 28.1. The monoisotopic (exact) mass is 1490 g/mol. The summed E-state index contributed by atoms with van der Waals surface area (Å²) >= 11 is 3.29. The van der Waals surface area contributed by atoms with Crippen molar-refractivity contribution in [3.8, 4) is 0 Å². The van der Waals surface area contributed by atoms with Crippen molar-refractivity contribution in [3.63, 3.8) is 0 Å². The van der Waals surface area contributed by atoms with Gasteiger partial charge in [-0.1, -0.05) is 102 Å². The summed E-state index contributed by atoms with van der Waals surface area (Å²) in [5, 5.41) is 27.6. The average Bonchev–Trinajstić information content (AvgIpc) is 1.64. The molecule has 0 radical (unpaired) electrons. The molecule has 104 heavy (non-hydrogen) atoms. The van der Waals surface area contributed by atoms with E-state index in [9.17, 15) is 36.7 Å². The van der Waals surface area contributed by atoms with Crippen molar-refractivity contribution < 1.29 is 94.0 Å². The molecule has 0 spiro atoms. The van der Waals surface area contributed by atoms with Crippen LogP contribution in [-0.2, 0) is 67.3 Å². The van der Waals surface area contributed by atoms with Crippen molar-refractivity contribution in [1.29, 1.82) is 0 Å². The molecular weight excluding hydrogens is 1400 g/mol. The van der Waals surface area contributed by atoms with E-state index in [-0.39, 0.29) is 67.3 Å². The summed E-state index contributed by atoms with van der Waals surface area (Å²) in [4.78, 5) is 47.1. The number of carboxylic acids is 1. The number of carbonyl (C=O) groups is 4. The van der Waals surface area contributed by atoms with Crippen LogP contribution in [0, 0.1) is 51.0 Å². The first-order valence-corrected chi connectivity index (χ1v) is 34.4. The highest BCUT2D eigenvalue weighted by Crippen LogP contribution is 2.39. The first-order chi connectivity index (χ1) is 48.1. The van der Waals surface area contributed by atoms with Gasteiger partial charge in [-0.2, -0.15) is 0 Å². The van der Waals surface area contributed by atoms with Gasteiger partial charge in [0.1, 0.15) is 43.1 Å². The molecule has 3 aliphatic heterocycles. The number of aryl methyl sites for hydroxylation is 4. The summed E-state index contributed by atoms with van der Waals surface area (Å²) in [6.07, 6.45) is 0. The standard InChI is InChI=1S/2C21H24BFO4.C15H14BFO4.C13H17BO4.C8H8BrF.CH4/c2*1-14-12-15(6-11-18(14)23)13-25-19(24)16-7-9-17(10-8-16)22-26-20(2,3)21(4,5)27-22;1-10-8-11(2-7-14(10)17)9-21-15(18)12-3-5-13(6-4-12)16(19)20;1-12(2)13(3,4)18-14(17-12)10-7-5-9(6-8-10)11(15)16;1-6-4-7(5-9)2-3-8(6)10;/h2*6-12H,13H2,1-5H3;2-8,19-20H,9H2,1H3;5-8H,1-4H3,(H,15,16);2-4H,5H2,1H3;1H4. The maximum absolute atomic E-state index is 13.3. The molecule has 3 N–H and O–H groups in total. The van der Waals surface area contributed by atoms with Crippen LogP contribution < -0.4 is 21.9 Å². The summed E-state index contributed by atoms with van der Waals surface area (Å²) < 4.78 is 104. The zero-order valence-corrected chi connectivity index (χ0v) is 62.4. The van der Waals surface area contributed by atoms with Gasteiger partial charge in [0.25, 0.3) is 0 Å². The number of hydrogen-bond acceptors (Lipinski definition) is 15. The second kappa shape index (κ2) is 35.7. The van der Waals surface area contributed by atoms with Crippen LogP contribution in [0.5, 0.6) is 0 Å². The van der Waals surface area contributed by atoms with E-state index in [1.165, 1.54) is 48.5 Å². The van der Waals surface area contributed by atoms with Gasteiger partial charge < -0.3 is 57.3 Å². The molecule has 3 aliphatic rings. The van der Waals surface area contributed by atoms with Crippen LogP contribution in [0.1, 0.15) is 176 Å². The van der Waals surface area contributed by atoms with Crippen LogP contribution >= 0.6 is 15.9 Å². The van der Waals surface area contributed by atoms with Gasteiger partial charge in [0.2, 0.25) is 0 Å². The van der Waals surface area contributed by atoms with E-state index < -0.39 is 74.8 Å². The first-order valence-electron chi connectivity index (χ1n) is 33.3. The number of halogens is 5. The molecule has 0 amide bonds. The maximum Gasteiger partial charge on any atom is 0.494 e. The second-order valence-corrected chi connectivity index (χ2v) is 28.7. The molecule has 11 rings (SSSR count). The van der Waals surface area contributed by atoms with Gasteiger partial charge in [-0.15, -0.1) is 0 Å². The number of carbonyl (C=O) groups excluding carboxylic acids is 3. The molecule has 0 aliphatic carbocycles. The number of esters is 3. The van der Waals surface area contributed by atoms with Crippen LogP contribution in [0.2, 0.25) is 0 Å². The van der Waals surface area contributed by atoms with Gasteiger partial charge >= 0.3 is 52.4 Å². The van der Waals surface area contributed by atoms with E-state index in [0.29, 0.717) is 50.0 Å². The minimum atomic E-state index is -1.57. The number of rotatable bonds is 15. The van der Waals surface area contributed by atoms with Crippen molar-refractivity contribution in [2.75, 3.05) is 0 Å². The van der Waals surface area contributed by atoms with Crippen molar-refractivity contribution in [2.45, 2.75) is 177 Å². The SMILES string of the molecule is C.CC1(C)OB(c2ccc(C(=O)O)cc2)OC1(C)C.Cc1cc(CBr)ccc1F.Cc1cc(COC(=O)c2ccc(B(O)O)cc2)ccc1F.Cc1cc(COC(=O)c2ccc(B3OC(C)(C)C(C)(C)O3)cc2)ccc1F.Cc1cc(COC(=O)c2ccc(B3OC(C)(C)C(C)(C)O3)cc2)ccc1F. The van der Waals surface area contributed by atoms with Crippen molar-refractivity contribution in [3.05, 3.63) is 260 Å². The average molecular weight is 1500 g/mol. The van der Waals surface area contributed by atoms with E-state index in [1.54, 1.807) is 143 Å². The van der Waals surface area contributed by atoms with Gasteiger partial charge in [0, 0.05) is 5.33 Å². The Morgan fingerprint density at radius 3 is 0.817 bits per heavy atom. The number of carboxylic acid groups (broad SMARTS) is 1. The van der Waals surface area contributed by atoms with Gasteiger partial charge in [0.15, 0.2) is 0 Å². The number of benzene rings is 8. The molecule has 550 valence electrons. The van der Waals surface area contributed by atoms with Crippen LogP contribution in [0.25, 0.3) is 0 Å². The Labute approximate surface area is 617 Å². The predicted octanol–water partition coefficient (Wildman–Crippen LogP) is 14.1. The van der Waals surface area contributed by atoms with Crippen LogP contribution in [-0.4, -0.2) is 101 Å². The number of hydrogen-bond donors (Lipinski definition) is 3. The molecule has 8 aromatic carbocycles. The number of alkyl halides is 1. The zero-order valence-electron chi connectivity index (χ0n) is 60.8. The van der Waals surface area contributed by atoms with Gasteiger partial charge in [-0.05, 0) is 268 Å². The molecule has 0 unspecified atom stereocenters. The molecule has 0 atom stereocenters. The van der Waals surface area contributed by atoms with Gasteiger partial charge in [-0.3, -0.25) is 0 Å². The lowest BCUT2D eigenvalue weighted by atomic mass is 9.79. The molecule has 0 aromatic heterocycles.